The molecule has 24 heavy (non-hydrogen) atoms. The maximum absolute atomic E-state index is 12.3. The number of hydrogen-bond donors (Lipinski definition) is 2. The molecule has 3 aromatic rings. The molecule has 0 radical (unpaired) electrons. The number of sulfonamides is 1. The number of carbonyl (C=O) groups is 1. The Bertz CT molecular complexity index is 922. The van der Waals surface area contributed by atoms with Crippen LogP contribution in [0.25, 0.3) is 0 Å². The second-order valence-corrected chi connectivity index (χ2v) is 7.41. The Labute approximate surface area is 143 Å². The highest BCUT2D eigenvalue weighted by Gasteiger charge is 2.15. The van der Waals surface area contributed by atoms with Gasteiger partial charge in [-0.15, -0.1) is 11.3 Å². The summed E-state index contributed by atoms with van der Waals surface area (Å²) in [6.07, 6.45) is 1.50. The first-order chi connectivity index (χ1) is 11.5. The van der Waals surface area contributed by atoms with E-state index in [9.17, 15) is 13.2 Å². The molecule has 0 fully saturated rings. The Morgan fingerprint density at radius 1 is 1.00 bits per heavy atom. The minimum atomic E-state index is -3.72. The van der Waals surface area contributed by atoms with Gasteiger partial charge < -0.3 is 5.32 Å². The summed E-state index contributed by atoms with van der Waals surface area (Å²) >= 11 is 1.33. The van der Waals surface area contributed by atoms with Crippen LogP contribution in [-0.4, -0.2) is 19.3 Å². The van der Waals surface area contributed by atoms with E-state index in [1.807, 2.05) is 5.38 Å². The van der Waals surface area contributed by atoms with E-state index in [0.29, 0.717) is 10.6 Å². The van der Waals surface area contributed by atoms with Crippen LogP contribution in [0.15, 0.2) is 71.1 Å². The molecule has 0 aliphatic rings. The third-order valence-corrected chi connectivity index (χ3v) is 5.31. The lowest BCUT2D eigenvalue weighted by atomic mass is 10.3. The molecule has 0 aliphatic heterocycles. The molecule has 3 rings (SSSR count). The zero-order valence-corrected chi connectivity index (χ0v) is 14.0. The van der Waals surface area contributed by atoms with E-state index in [1.165, 1.54) is 29.7 Å². The number of aromatic nitrogens is 1. The van der Waals surface area contributed by atoms with Crippen molar-refractivity contribution in [2.24, 2.45) is 0 Å². The van der Waals surface area contributed by atoms with Crippen LogP contribution in [0.4, 0.5) is 11.5 Å². The van der Waals surface area contributed by atoms with Crippen LogP contribution >= 0.6 is 11.3 Å². The average molecular weight is 359 g/mol. The molecule has 1 aromatic carbocycles. The lowest BCUT2D eigenvalue weighted by molar-refractivity contribution is 0.103. The lowest BCUT2D eigenvalue weighted by Gasteiger charge is -2.08. The Kier molecular flexibility index (Phi) is 4.59. The maximum atomic E-state index is 12.3. The number of hydrogen-bond acceptors (Lipinski definition) is 5. The molecule has 0 saturated heterocycles. The van der Waals surface area contributed by atoms with Gasteiger partial charge in [-0.05, 0) is 47.8 Å². The molecule has 0 aliphatic carbocycles. The van der Waals surface area contributed by atoms with E-state index in [4.69, 9.17) is 0 Å². The summed E-state index contributed by atoms with van der Waals surface area (Å²) in [7, 11) is -3.72. The topological polar surface area (TPSA) is 88.2 Å². The third-order valence-electron chi connectivity index (χ3n) is 3.07. The van der Waals surface area contributed by atoms with Gasteiger partial charge >= 0.3 is 0 Å². The molecule has 2 N–H and O–H groups in total. The van der Waals surface area contributed by atoms with Gasteiger partial charge in [-0.25, -0.2) is 13.4 Å². The summed E-state index contributed by atoms with van der Waals surface area (Å²) in [6.45, 7) is 0. The van der Waals surface area contributed by atoms with Gasteiger partial charge in [0, 0.05) is 11.9 Å². The predicted molar refractivity (Wildman–Crippen MR) is 93.8 cm³/mol. The van der Waals surface area contributed by atoms with Crippen molar-refractivity contribution in [3.8, 4) is 0 Å². The highest BCUT2D eigenvalue weighted by atomic mass is 32.2. The van der Waals surface area contributed by atoms with Gasteiger partial charge in [0.15, 0.2) is 0 Å². The SMILES string of the molecule is O=C(Nc1ccc(S(=O)(=O)Nc2ccccn2)cc1)c1cccs1. The monoisotopic (exact) mass is 359 g/mol. The molecule has 0 bridgehead atoms. The summed E-state index contributed by atoms with van der Waals surface area (Å²) in [5, 5.41) is 4.53. The Morgan fingerprint density at radius 2 is 1.79 bits per heavy atom. The summed E-state index contributed by atoms with van der Waals surface area (Å²) in [6, 6.07) is 14.4. The predicted octanol–water partition coefficient (Wildman–Crippen LogP) is 3.20. The van der Waals surface area contributed by atoms with Crippen molar-refractivity contribution in [2.75, 3.05) is 10.0 Å². The number of anilines is 2. The Hall–Kier alpha value is -2.71. The van der Waals surface area contributed by atoms with Crippen LogP contribution in [0.1, 0.15) is 9.67 Å². The fourth-order valence-corrected chi connectivity index (χ4v) is 3.56. The normalized spacial score (nSPS) is 11.0. The standard InChI is InChI=1S/C16H13N3O3S2/c20-16(14-4-3-11-23-14)18-12-6-8-13(9-7-12)24(21,22)19-15-5-1-2-10-17-15/h1-11H,(H,17,19)(H,18,20). The number of carbonyl (C=O) groups excluding carboxylic acids is 1. The highest BCUT2D eigenvalue weighted by molar-refractivity contribution is 7.92. The van der Waals surface area contributed by atoms with E-state index in [0.717, 1.165) is 0 Å². The van der Waals surface area contributed by atoms with Crippen LogP contribution in [0.5, 0.6) is 0 Å². The largest absolute Gasteiger partial charge is 0.321 e. The molecule has 122 valence electrons. The zero-order chi connectivity index (χ0) is 17.0. The fraction of sp³-hybridized carbons (Fsp3) is 0. The second kappa shape index (κ2) is 6.81. The molecule has 0 saturated carbocycles. The van der Waals surface area contributed by atoms with Crippen molar-refractivity contribution in [1.29, 1.82) is 0 Å². The van der Waals surface area contributed by atoms with Crippen LogP contribution in [0.2, 0.25) is 0 Å². The van der Waals surface area contributed by atoms with Crippen molar-refractivity contribution in [3.05, 3.63) is 71.1 Å². The average Bonchev–Trinajstić information content (AvgIpc) is 3.10. The molecule has 2 aromatic heterocycles. The van der Waals surface area contributed by atoms with E-state index >= 15 is 0 Å². The first-order valence-electron chi connectivity index (χ1n) is 6.93. The van der Waals surface area contributed by atoms with Crippen molar-refractivity contribution in [3.63, 3.8) is 0 Å². The number of benzene rings is 1. The molecule has 1 amide bonds. The molecule has 8 heteroatoms. The van der Waals surface area contributed by atoms with E-state index in [1.54, 1.807) is 42.5 Å². The first kappa shape index (κ1) is 16.2. The number of nitrogens with one attached hydrogen (secondary N) is 2. The molecule has 0 atom stereocenters. The quantitative estimate of drug-likeness (QED) is 0.732. The summed E-state index contributed by atoms with van der Waals surface area (Å²) < 4.78 is 27.0. The maximum Gasteiger partial charge on any atom is 0.265 e. The number of nitrogens with zero attached hydrogens (tertiary/aromatic N) is 1. The number of thiophene rings is 1. The van der Waals surface area contributed by atoms with Crippen LogP contribution in [-0.2, 0) is 10.0 Å². The van der Waals surface area contributed by atoms with Gasteiger partial charge in [-0.2, -0.15) is 0 Å². The van der Waals surface area contributed by atoms with Crippen molar-refractivity contribution in [1.82, 2.24) is 4.98 Å². The van der Waals surface area contributed by atoms with E-state index in [2.05, 4.69) is 15.0 Å². The summed E-state index contributed by atoms with van der Waals surface area (Å²) in [5.41, 5.74) is 0.519. The van der Waals surface area contributed by atoms with Crippen LogP contribution in [0.3, 0.4) is 0 Å². The van der Waals surface area contributed by atoms with Crippen molar-refractivity contribution >= 4 is 38.8 Å². The number of pyridine rings is 1. The van der Waals surface area contributed by atoms with E-state index < -0.39 is 10.0 Å². The number of amides is 1. The van der Waals surface area contributed by atoms with Gasteiger partial charge in [-0.1, -0.05) is 12.1 Å². The van der Waals surface area contributed by atoms with Gasteiger partial charge in [0.2, 0.25) is 0 Å². The Balaban J connectivity index is 1.73. The van der Waals surface area contributed by atoms with Gasteiger partial charge in [-0.3, -0.25) is 9.52 Å². The lowest BCUT2D eigenvalue weighted by Crippen LogP contribution is -2.14. The minimum absolute atomic E-state index is 0.0854. The van der Waals surface area contributed by atoms with Crippen LogP contribution < -0.4 is 10.0 Å². The van der Waals surface area contributed by atoms with Gasteiger partial charge in [0.05, 0.1) is 9.77 Å². The molecule has 0 spiro atoms. The summed E-state index contributed by atoms with van der Waals surface area (Å²) in [4.78, 5) is 16.6. The zero-order valence-electron chi connectivity index (χ0n) is 12.3. The molecule has 0 unspecified atom stereocenters. The number of rotatable bonds is 5. The fourth-order valence-electron chi connectivity index (χ4n) is 1.94. The summed E-state index contributed by atoms with van der Waals surface area (Å²) in [5.74, 6) is 0.0137. The molecule has 2 heterocycles. The van der Waals surface area contributed by atoms with Crippen molar-refractivity contribution < 1.29 is 13.2 Å². The smallest absolute Gasteiger partial charge is 0.265 e. The van der Waals surface area contributed by atoms with Gasteiger partial charge in [0.25, 0.3) is 15.9 Å². The van der Waals surface area contributed by atoms with Crippen LogP contribution in [0, 0.1) is 0 Å². The Morgan fingerprint density at radius 3 is 2.42 bits per heavy atom. The molecular formula is C16H13N3O3S2. The minimum Gasteiger partial charge on any atom is -0.321 e. The molecular weight excluding hydrogens is 346 g/mol. The highest BCUT2D eigenvalue weighted by Crippen LogP contribution is 2.18. The van der Waals surface area contributed by atoms with E-state index in [-0.39, 0.29) is 16.6 Å². The third kappa shape index (κ3) is 3.79. The second-order valence-electron chi connectivity index (χ2n) is 4.78. The molecule has 6 nitrogen and oxygen atoms in total. The van der Waals surface area contributed by atoms with Crippen molar-refractivity contribution in [2.45, 2.75) is 4.90 Å². The van der Waals surface area contributed by atoms with Gasteiger partial charge in [0.1, 0.15) is 5.82 Å². The first-order valence-corrected chi connectivity index (χ1v) is 9.30.